The van der Waals surface area contributed by atoms with Crippen molar-refractivity contribution in [1.82, 2.24) is 5.32 Å². The maximum Gasteiger partial charge on any atom is 0.0767 e. The fourth-order valence-corrected chi connectivity index (χ4v) is 0.760. The molecule has 0 bridgehead atoms. The molecule has 1 atom stereocenters. The van der Waals surface area contributed by atoms with E-state index in [1.807, 2.05) is 20.8 Å². The molecule has 0 aromatic heterocycles. The lowest BCUT2D eigenvalue weighted by molar-refractivity contribution is -0.00639. The SMILES string of the molecule is C#CC(C)NC(C)(C)C(C)(C)O. The third-order valence-electron chi connectivity index (χ3n) is 2.36. The van der Waals surface area contributed by atoms with E-state index in [9.17, 15) is 5.11 Å². The fourth-order valence-electron chi connectivity index (χ4n) is 0.760. The summed E-state index contributed by atoms with van der Waals surface area (Å²) in [7, 11) is 0. The van der Waals surface area contributed by atoms with E-state index in [0.29, 0.717) is 0 Å². The van der Waals surface area contributed by atoms with Crippen molar-refractivity contribution in [1.29, 1.82) is 0 Å². The number of rotatable bonds is 3. The number of hydrogen-bond donors (Lipinski definition) is 2. The summed E-state index contributed by atoms with van der Waals surface area (Å²) < 4.78 is 0. The molecule has 0 saturated heterocycles. The van der Waals surface area contributed by atoms with E-state index in [1.165, 1.54) is 0 Å². The summed E-state index contributed by atoms with van der Waals surface area (Å²) in [5.74, 6) is 2.57. The maximum absolute atomic E-state index is 9.76. The first-order chi connectivity index (χ1) is 5.20. The van der Waals surface area contributed by atoms with Crippen LogP contribution in [0.4, 0.5) is 0 Å². The molecule has 0 heterocycles. The third kappa shape index (κ3) is 2.84. The van der Waals surface area contributed by atoms with Gasteiger partial charge in [0.05, 0.1) is 11.6 Å². The van der Waals surface area contributed by atoms with Gasteiger partial charge in [0, 0.05) is 5.54 Å². The first-order valence-electron chi connectivity index (χ1n) is 4.17. The Morgan fingerprint density at radius 2 is 1.75 bits per heavy atom. The van der Waals surface area contributed by atoms with Crippen LogP contribution in [0.2, 0.25) is 0 Å². The molecule has 0 fully saturated rings. The molecule has 0 spiro atoms. The monoisotopic (exact) mass is 169 g/mol. The van der Waals surface area contributed by atoms with Gasteiger partial charge < -0.3 is 5.11 Å². The summed E-state index contributed by atoms with van der Waals surface area (Å²) in [6.07, 6.45) is 5.23. The molecule has 0 aliphatic carbocycles. The van der Waals surface area contributed by atoms with Crippen LogP contribution >= 0.6 is 0 Å². The molecule has 2 heteroatoms. The molecule has 0 aromatic carbocycles. The summed E-state index contributed by atoms with van der Waals surface area (Å²) in [4.78, 5) is 0. The second kappa shape index (κ2) is 3.47. The van der Waals surface area contributed by atoms with E-state index in [0.717, 1.165) is 0 Å². The molecule has 1 unspecified atom stereocenters. The van der Waals surface area contributed by atoms with Crippen LogP contribution in [0.3, 0.4) is 0 Å². The zero-order valence-electron chi connectivity index (χ0n) is 8.60. The van der Waals surface area contributed by atoms with Gasteiger partial charge in [-0.2, -0.15) is 0 Å². The van der Waals surface area contributed by atoms with Crippen molar-refractivity contribution in [3.05, 3.63) is 0 Å². The zero-order chi connectivity index (χ0) is 9.99. The molecular formula is C10H19NO. The van der Waals surface area contributed by atoms with Crippen molar-refractivity contribution in [2.45, 2.75) is 51.8 Å². The average molecular weight is 169 g/mol. The quantitative estimate of drug-likeness (QED) is 0.621. The molecule has 0 aliphatic rings. The first kappa shape index (κ1) is 11.5. The van der Waals surface area contributed by atoms with Crippen LogP contribution in [-0.4, -0.2) is 22.3 Å². The van der Waals surface area contributed by atoms with Crippen molar-refractivity contribution in [3.63, 3.8) is 0 Å². The minimum Gasteiger partial charge on any atom is -0.389 e. The van der Waals surface area contributed by atoms with Crippen LogP contribution in [0.15, 0.2) is 0 Å². The van der Waals surface area contributed by atoms with Crippen LogP contribution in [0, 0.1) is 12.3 Å². The van der Waals surface area contributed by atoms with Gasteiger partial charge in [-0.1, -0.05) is 5.92 Å². The zero-order valence-corrected chi connectivity index (χ0v) is 8.60. The predicted molar refractivity (Wildman–Crippen MR) is 51.8 cm³/mol. The van der Waals surface area contributed by atoms with Crippen molar-refractivity contribution >= 4 is 0 Å². The lowest BCUT2D eigenvalue weighted by atomic mass is 9.85. The average Bonchev–Trinajstić information content (AvgIpc) is 1.84. The number of terminal acetylenes is 1. The Kier molecular flexibility index (Phi) is 3.32. The topological polar surface area (TPSA) is 32.3 Å². The summed E-state index contributed by atoms with van der Waals surface area (Å²) in [6, 6.07) is -0.0218. The van der Waals surface area contributed by atoms with Crippen LogP contribution < -0.4 is 5.32 Å². The number of aliphatic hydroxyl groups is 1. The summed E-state index contributed by atoms with van der Waals surface area (Å²) >= 11 is 0. The minimum absolute atomic E-state index is 0.0218. The standard InChI is InChI=1S/C10H19NO/c1-7-8(2)11-9(3,4)10(5,6)12/h1,8,11-12H,2-6H3. The Morgan fingerprint density at radius 3 is 2.00 bits per heavy atom. The largest absolute Gasteiger partial charge is 0.389 e. The van der Waals surface area contributed by atoms with E-state index < -0.39 is 5.60 Å². The van der Waals surface area contributed by atoms with E-state index >= 15 is 0 Å². The Hall–Kier alpha value is -0.520. The van der Waals surface area contributed by atoms with E-state index in [2.05, 4.69) is 11.2 Å². The van der Waals surface area contributed by atoms with E-state index in [1.54, 1.807) is 13.8 Å². The summed E-state index contributed by atoms with van der Waals surface area (Å²) in [6.45, 7) is 9.29. The van der Waals surface area contributed by atoms with Gasteiger partial charge in [-0.15, -0.1) is 6.42 Å². The first-order valence-corrected chi connectivity index (χ1v) is 4.17. The van der Waals surface area contributed by atoms with Crippen molar-refractivity contribution in [3.8, 4) is 12.3 Å². The van der Waals surface area contributed by atoms with Crippen LogP contribution in [0.5, 0.6) is 0 Å². The molecule has 0 rings (SSSR count). The van der Waals surface area contributed by atoms with Crippen molar-refractivity contribution in [2.75, 3.05) is 0 Å². The Balaban J connectivity index is 4.35. The molecule has 0 saturated carbocycles. The van der Waals surface area contributed by atoms with Crippen LogP contribution in [0.1, 0.15) is 34.6 Å². The normalized spacial score (nSPS) is 15.4. The van der Waals surface area contributed by atoms with Crippen molar-refractivity contribution < 1.29 is 5.11 Å². The Labute approximate surface area is 75.4 Å². The number of nitrogens with one attached hydrogen (secondary N) is 1. The van der Waals surface area contributed by atoms with Gasteiger partial charge in [0.1, 0.15) is 0 Å². The molecule has 0 aromatic rings. The third-order valence-corrected chi connectivity index (χ3v) is 2.36. The lowest BCUT2D eigenvalue weighted by Gasteiger charge is -2.39. The molecule has 0 amide bonds. The van der Waals surface area contributed by atoms with Gasteiger partial charge in [0.2, 0.25) is 0 Å². The smallest absolute Gasteiger partial charge is 0.0767 e. The van der Waals surface area contributed by atoms with Gasteiger partial charge in [0.15, 0.2) is 0 Å². The Morgan fingerprint density at radius 1 is 1.33 bits per heavy atom. The predicted octanol–water partition coefficient (Wildman–Crippen LogP) is 1.15. The Bertz CT molecular complexity index is 183. The highest BCUT2D eigenvalue weighted by Crippen LogP contribution is 2.20. The summed E-state index contributed by atoms with van der Waals surface area (Å²) in [5.41, 5.74) is -1.16. The van der Waals surface area contributed by atoms with Gasteiger partial charge in [-0.25, -0.2) is 0 Å². The molecule has 70 valence electrons. The molecule has 2 nitrogen and oxygen atoms in total. The molecule has 2 N–H and O–H groups in total. The van der Waals surface area contributed by atoms with Gasteiger partial charge in [0.25, 0.3) is 0 Å². The molecule has 0 radical (unpaired) electrons. The maximum atomic E-state index is 9.76. The van der Waals surface area contributed by atoms with E-state index in [-0.39, 0.29) is 11.6 Å². The van der Waals surface area contributed by atoms with Crippen LogP contribution in [0.25, 0.3) is 0 Å². The molecule has 12 heavy (non-hydrogen) atoms. The fraction of sp³-hybridized carbons (Fsp3) is 0.800. The van der Waals surface area contributed by atoms with E-state index in [4.69, 9.17) is 6.42 Å². The number of hydrogen-bond acceptors (Lipinski definition) is 2. The van der Waals surface area contributed by atoms with Gasteiger partial charge in [-0.05, 0) is 34.6 Å². The highest BCUT2D eigenvalue weighted by Gasteiger charge is 2.35. The van der Waals surface area contributed by atoms with Crippen LogP contribution in [-0.2, 0) is 0 Å². The highest BCUT2D eigenvalue weighted by atomic mass is 16.3. The van der Waals surface area contributed by atoms with Gasteiger partial charge in [-0.3, -0.25) is 5.32 Å². The molecule has 0 aliphatic heterocycles. The lowest BCUT2D eigenvalue weighted by Crippen LogP contribution is -2.58. The highest BCUT2D eigenvalue weighted by molar-refractivity contribution is 5.03. The van der Waals surface area contributed by atoms with Crippen molar-refractivity contribution in [2.24, 2.45) is 0 Å². The summed E-state index contributed by atoms with van der Waals surface area (Å²) in [5, 5.41) is 12.9. The minimum atomic E-state index is -0.780. The second-order valence-electron chi connectivity index (χ2n) is 4.22. The second-order valence-corrected chi connectivity index (χ2v) is 4.22. The van der Waals surface area contributed by atoms with Gasteiger partial charge >= 0.3 is 0 Å². The molecular weight excluding hydrogens is 150 g/mol.